The van der Waals surface area contributed by atoms with Crippen LogP contribution in [0.3, 0.4) is 0 Å². The van der Waals surface area contributed by atoms with E-state index in [4.69, 9.17) is 0 Å². The number of hydrogen-bond donors (Lipinski definition) is 1. The summed E-state index contributed by atoms with van der Waals surface area (Å²) in [6.07, 6.45) is 2.61. The molecule has 1 fully saturated rings. The number of likely N-dealkylation sites (tertiary alicyclic amines) is 1. The van der Waals surface area contributed by atoms with Crippen LogP contribution in [0.2, 0.25) is 0 Å². The SMILES string of the molecule is Cc1cc(CN(C)C)cc(N[C@H](C)C2CCN(C)CC2)c1. The van der Waals surface area contributed by atoms with E-state index in [2.05, 4.69) is 68.3 Å². The highest BCUT2D eigenvalue weighted by Crippen LogP contribution is 2.24. The van der Waals surface area contributed by atoms with Gasteiger partial charge in [0.05, 0.1) is 0 Å². The van der Waals surface area contributed by atoms with E-state index < -0.39 is 0 Å². The molecule has 1 heterocycles. The smallest absolute Gasteiger partial charge is 0.0348 e. The highest BCUT2D eigenvalue weighted by Gasteiger charge is 2.22. The van der Waals surface area contributed by atoms with Crippen molar-refractivity contribution in [3.05, 3.63) is 29.3 Å². The molecular formula is C18H31N3. The standard InChI is InChI=1S/C18H31N3/c1-14-10-16(13-20(3)4)12-18(11-14)19-15(2)17-6-8-21(5)9-7-17/h10-12,15,17,19H,6-9,13H2,1-5H3/t15-/m1/s1. The molecule has 1 N–H and O–H groups in total. The van der Waals surface area contributed by atoms with Gasteiger partial charge in [-0.1, -0.05) is 6.07 Å². The second-order valence-electron chi connectivity index (χ2n) is 7.02. The lowest BCUT2D eigenvalue weighted by Gasteiger charge is -2.33. The summed E-state index contributed by atoms with van der Waals surface area (Å²) in [5.41, 5.74) is 4.00. The Morgan fingerprint density at radius 3 is 2.52 bits per heavy atom. The number of nitrogens with zero attached hydrogens (tertiary/aromatic N) is 2. The molecule has 1 aromatic carbocycles. The summed E-state index contributed by atoms with van der Waals surface area (Å²) in [7, 11) is 6.47. The van der Waals surface area contributed by atoms with E-state index in [0.29, 0.717) is 6.04 Å². The van der Waals surface area contributed by atoms with E-state index in [9.17, 15) is 0 Å². The molecule has 118 valence electrons. The average Bonchev–Trinajstić information content (AvgIpc) is 2.37. The Bertz CT molecular complexity index is 448. The molecule has 0 saturated carbocycles. The predicted molar refractivity (Wildman–Crippen MR) is 91.9 cm³/mol. The molecule has 1 atom stereocenters. The van der Waals surface area contributed by atoms with Crippen LogP contribution in [0.15, 0.2) is 18.2 Å². The van der Waals surface area contributed by atoms with Crippen molar-refractivity contribution in [2.45, 2.75) is 39.3 Å². The molecule has 0 radical (unpaired) electrons. The van der Waals surface area contributed by atoms with Crippen LogP contribution in [0, 0.1) is 12.8 Å². The predicted octanol–water partition coefficient (Wildman–Crippen LogP) is 3.20. The van der Waals surface area contributed by atoms with Gasteiger partial charge in [-0.15, -0.1) is 0 Å². The second-order valence-corrected chi connectivity index (χ2v) is 7.02. The Morgan fingerprint density at radius 1 is 1.24 bits per heavy atom. The molecule has 1 saturated heterocycles. The molecule has 0 spiro atoms. The first-order chi connectivity index (χ1) is 9.94. The van der Waals surface area contributed by atoms with Crippen LogP contribution in [0.25, 0.3) is 0 Å². The summed E-state index contributed by atoms with van der Waals surface area (Å²) in [6, 6.07) is 7.40. The lowest BCUT2D eigenvalue weighted by molar-refractivity contribution is 0.208. The molecule has 21 heavy (non-hydrogen) atoms. The Hall–Kier alpha value is -1.06. The van der Waals surface area contributed by atoms with Crippen molar-refractivity contribution in [1.29, 1.82) is 0 Å². The molecule has 0 bridgehead atoms. The van der Waals surface area contributed by atoms with Crippen molar-refractivity contribution < 1.29 is 0 Å². The molecule has 0 amide bonds. The highest BCUT2D eigenvalue weighted by atomic mass is 15.1. The van der Waals surface area contributed by atoms with E-state index >= 15 is 0 Å². The number of benzene rings is 1. The van der Waals surface area contributed by atoms with E-state index in [1.807, 2.05) is 0 Å². The average molecular weight is 289 g/mol. The maximum Gasteiger partial charge on any atom is 0.0348 e. The molecule has 1 aliphatic heterocycles. The third-order valence-corrected chi connectivity index (χ3v) is 4.50. The van der Waals surface area contributed by atoms with Crippen LogP contribution in [0.4, 0.5) is 5.69 Å². The monoisotopic (exact) mass is 289 g/mol. The van der Waals surface area contributed by atoms with Gasteiger partial charge in [0, 0.05) is 18.3 Å². The van der Waals surface area contributed by atoms with Crippen LogP contribution < -0.4 is 5.32 Å². The Labute approximate surface area is 130 Å². The van der Waals surface area contributed by atoms with Gasteiger partial charge in [0.25, 0.3) is 0 Å². The summed E-state index contributed by atoms with van der Waals surface area (Å²) in [5, 5.41) is 3.74. The largest absolute Gasteiger partial charge is 0.382 e. The zero-order valence-corrected chi connectivity index (χ0v) is 14.3. The molecule has 3 nitrogen and oxygen atoms in total. The van der Waals surface area contributed by atoms with Gasteiger partial charge in [-0.25, -0.2) is 0 Å². The molecule has 0 aliphatic carbocycles. The lowest BCUT2D eigenvalue weighted by Crippen LogP contribution is -2.37. The number of aryl methyl sites for hydroxylation is 1. The molecular weight excluding hydrogens is 258 g/mol. The maximum absolute atomic E-state index is 3.74. The summed E-state index contributed by atoms with van der Waals surface area (Å²) < 4.78 is 0. The first kappa shape index (κ1) is 16.3. The minimum Gasteiger partial charge on any atom is -0.382 e. The first-order valence-corrected chi connectivity index (χ1v) is 8.14. The van der Waals surface area contributed by atoms with Gasteiger partial charge in [-0.3, -0.25) is 0 Å². The minimum absolute atomic E-state index is 0.549. The number of piperidine rings is 1. The van der Waals surface area contributed by atoms with Crippen LogP contribution in [0.1, 0.15) is 30.9 Å². The van der Waals surface area contributed by atoms with Gasteiger partial charge < -0.3 is 15.1 Å². The second kappa shape index (κ2) is 7.28. The lowest BCUT2D eigenvalue weighted by atomic mass is 9.90. The Kier molecular flexibility index (Phi) is 5.65. The van der Waals surface area contributed by atoms with Crippen molar-refractivity contribution in [2.75, 3.05) is 39.5 Å². The van der Waals surface area contributed by atoms with Crippen LogP contribution >= 0.6 is 0 Å². The highest BCUT2D eigenvalue weighted by molar-refractivity contribution is 5.49. The van der Waals surface area contributed by atoms with Crippen molar-refractivity contribution in [3.63, 3.8) is 0 Å². The van der Waals surface area contributed by atoms with Crippen molar-refractivity contribution >= 4 is 5.69 Å². The summed E-state index contributed by atoms with van der Waals surface area (Å²) >= 11 is 0. The molecule has 3 heteroatoms. The van der Waals surface area contributed by atoms with Crippen LogP contribution in [0.5, 0.6) is 0 Å². The normalized spacial score (nSPS) is 19.0. The van der Waals surface area contributed by atoms with E-state index in [1.165, 1.54) is 42.7 Å². The van der Waals surface area contributed by atoms with E-state index in [1.54, 1.807) is 0 Å². The van der Waals surface area contributed by atoms with E-state index in [-0.39, 0.29) is 0 Å². The molecule has 1 aromatic rings. The molecule has 1 aliphatic rings. The Morgan fingerprint density at radius 2 is 1.90 bits per heavy atom. The zero-order valence-electron chi connectivity index (χ0n) is 14.3. The molecule has 2 rings (SSSR count). The van der Waals surface area contributed by atoms with Crippen LogP contribution in [-0.2, 0) is 6.54 Å². The van der Waals surface area contributed by atoms with Crippen LogP contribution in [-0.4, -0.2) is 50.1 Å². The van der Waals surface area contributed by atoms with Gasteiger partial charge >= 0.3 is 0 Å². The third kappa shape index (κ3) is 5.01. The minimum atomic E-state index is 0.549. The fourth-order valence-corrected chi connectivity index (χ4v) is 3.31. The fourth-order valence-electron chi connectivity index (χ4n) is 3.31. The summed E-state index contributed by atoms with van der Waals surface area (Å²) in [6.45, 7) is 7.99. The first-order valence-electron chi connectivity index (χ1n) is 8.14. The molecule has 0 unspecified atom stereocenters. The quantitative estimate of drug-likeness (QED) is 0.898. The van der Waals surface area contributed by atoms with Gasteiger partial charge in [-0.05, 0) is 90.1 Å². The van der Waals surface area contributed by atoms with Gasteiger partial charge in [-0.2, -0.15) is 0 Å². The number of nitrogens with one attached hydrogen (secondary N) is 1. The zero-order chi connectivity index (χ0) is 15.4. The van der Waals surface area contributed by atoms with Gasteiger partial charge in [0.15, 0.2) is 0 Å². The van der Waals surface area contributed by atoms with Crippen molar-refractivity contribution in [2.24, 2.45) is 5.92 Å². The van der Waals surface area contributed by atoms with E-state index in [0.717, 1.165) is 12.5 Å². The number of rotatable bonds is 5. The number of anilines is 1. The van der Waals surface area contributed by atoms with Gasteiger partial charge in [0.2, 0.25) is 0 Å². The van der Waals surface area contributed by atoms with Crippen molar-refractivity contribution in [3.8, 4) is 0 Å². The van der Waals surface area contributed by atoms with Gasteiger partial charge in [0.1, 0.15) is 0 Å². The summed E-state index contributed by atoms with van der Waals surface area (Å²) in [5.74, 6) is 0.791. The van der Waals surface area contributed by atoms with Crippen molar-refractivity contribution in [1.82, 2.24) is 9.80 Å². The Balaban J connectivity index is 1.99. The number of hydrogen-bond acceptors (Lipinski definition) is 3. The maximum atomic E-state index is 3.74. The third-order valence-electron chi connectivity index (χ3n) is 4.50. The summed E-state index contributed by atoms with van der Waals surface area (Å²) in [4.78, 5) is 4.66. The fraction of sp³-hybridized carbons (Fsp3) is 0.667. The molecule has 0 aromatic heterocycles. The topological polar surface area (TPSA) is 18.5 Å².